The van der Waals surface area contributed by atoms with Gasteiger partial charge in [0.2, 0.25) is 0 Å². The molecule has 19 heavy (non-hydrogen) atoms. The molecular weight excluding hydrogens is 245 g/mol. The van der Waals surface area contributed by atoms with E-state index in [-0.39, 0.29) is 5.82 Å². The van der Waals surface area contributed by atoms with Gasteiger partial charge in [-0.2, -0.15) is 5.10 Å². The molecule has 0 spiro atoms. The lowest BCUT2D eigenvalue weighted by molar-refractivity contribution is 0.199. The van der Waals surface area contributed by atoms with Crippen LogP contribution in [0.4, 0.5) is 4.39 Å². The summed E-state index contributed by atoms with van der Waals surface area (Å²) >= 11 is 0. The Morgan fingerprint density at radius 1 is 1.37 bits per heavy atom. The molecule has 0 saturated heterocycles. The average Bonchev–Trinajstić information content (AvgIpc) is 2.82. The van der Waals surface area contributed by atoms with Crippen molar-refractivity contribution in [3.63, 3.8) is 0 Å². The second-order valence-electron chi connectivity index (χ2n) is 4.35. The van der Waals surface area contributed by atoms with E-state index in [0.717, 1.165) is 24.2 Å². The Balaban J connectivity index is 1.87. The molecule has 0 amide bonds. The average molecular weight is 263 g/mol. The molecule has 0 aliphatic heterocycles. The molecule has 0 fully saturated rings. The van der Waals surface area contributed by atoms with Crippen molar-refractivity contribution >= 4 is 0 Å². The van der Waals surface area contributed by atoms with Crippen LogP contribution in [0.25, 0.3) is 0 Å². The van der Waals surface area contributed by atoms with Crippen LogP contribution in [-0.4, -0.2) is 30.0 Å². The normalized spacial score (nSPS) is 10.8. The summed E-state index contributed by atoms with van der Waals surface area (Å²) in [5.74, 6) is -0.217. The minimum absolute atomic E-state index is 0.217. The summed E-state index contributed by atoms with van der Waals surface area (Å²) in [5, 5.41) is 7.51. The Morgan fingerprint density at radius 2 is 2.26 bits per heavy atom. The lowest BCUT2D eigenvalue weighted by atomic mass is 10.2. The van der Waals surface area contributed by atoms with E-state index in [1.807, 2.05) is 23.1 Å². The van der Waals surface area contributed by atoms with Crippen LogP contribution in [-0.2, 0) is 17.8 Å². The van der Waals surface area contributed by atoms with Gasteiger partial charge in [0.1, 0.15) is 5.82 Å². The van der Waals surface area contributed by atoms with E-state index < -0.39 is 0 Å². The zero-order valence-corrected chi connectivity index (χ0v) is 11.0. The van der Waals surface area contributed by atoms with E-state index in [1.165, 1.54) is 12.1 Å². The lowest BCUT2D eigenvalue weighted by Gasteiger charge is -2.02. The summed E-state index contributed by atoms with van der Waals surface area (Å²) in [6.45, 7) is 2.84. The predicted molar refractivity (Wildman–Crippen MR) is 71.3 cm³/mol. The first-order chi connectivity index (χ1) is 9.28. The van der Waals surface area contributed by atoms with Gasteiger partial charge in [0.25, 0.3) is 0 Å². The van der Waals surface area contributed by atoms with E-state index in [9.17, 15) is 4.39 Å². The minimum atomic E-state index is -0.217. The molecule has 102 valence electrons. The molecule has 0 saturated carbocycles. The fourth-order valence-electron chi connectivity index (χ4n) is 1.81. The molecule has 5 heteroatoms. The fourth-order valence-corrected chi connectivity index (χ4v) is 1.81. The van der Waals surface area contributed by atoms with Crippen LogP contribution in [0.5, 0.6) is 0 Å². The SMILES string of the molecule is COCCNCc1cnn(Cc2cccc(F)c2)c1. The van der Waals surface area contributed by atoms with Crippen molar-refractivity contribution < 1.29 is 9.13 Å². The van der Waals surface area contributed by atoms with Crippen LogP contribution in [0.2, 0.25) is 0 Å². The van der Waals surface area contributed by atoms with Crippen LogP contribution >= 0.6 is 0 Å². The summed E-state index contributed by atoms with van der Waals surface area (Å²) in [6.07, 6.45) is 3.78. The number of hydrogen-bond acceptors (Lipinski definition) is 3. The van der Waals surface area contributed by atoms with Gasteiger partial charge < -0.3 is 10.1 Å². The van der Waals surface area contributed by atoms with Crippen molar-refractivity contribution in [2.75, 3.05) is 20.3 Å². The molecular formula is C14H18FN3O. The quantitative estimate of drug-likeness (QED) is 0.774. The predicted octanol–water partition coefficient (Wildman–Crippen LogP) is 1.81. The van der Waals surface area contributed by atoms with Crippen LogP contribution < -0.4 is 5.32 Å². The lowest BCUT2D eigenvalue weighted by Crippen LogP contribution is -2.18. The monoisotopic (exact) mass is 263 g/mol. The summed E-state index contributed by atoms with van der Waals surface area (Å²) < 4.78 is 19.8. The fraction of sp³-hybridized carbons (Fsp3) is 0.357. The number of ether oxygens (including phenoxy) is 1. The van der Waals surface area contributed by atoms with Crippen molar-refractivity contribution in [2.24, 2.45) is 0 Å². The Labute approximate surface area is 112 Å². The second-order valence-corrected chi connectivity index (χ2v) is 4.35. The second kappa shape index (κ2) is 7.01. The number of nitrogens with one attached hydrogen (secondary N) is 1. The van der Waals surface area contributed by atoms with Crippen LogP contribution in [0.1, 0.15) is 11.1 Å². The van der Waals surface area contributed by atoms with Crippen molar-refractivity contribution in [2.45, 2.75) is 13.1 Å². The highest BCUT2D eigenvalue weighted by Gasteiger charge is 2.00. The highest BCUT2D eigenvalue weighted by molar-refractivity contribution is 5.17. The zero-order chi connectivity index (χ0) is 13.5. The molecule has 1 N–H and O–H groups in total. The number of hydrogen-bond donors (Lipinski definition) is 1. The smallest absolute Gasteiger partial charge is 0.123 e. The largest absolute Gasteiger partial charge is 0.383 e. The number of nitrogens with zero attached hydrogens (tertiary/aromatic N) is 2. The van der Waals surface area contributed by atoms with E-state index in [1.54, 1.807) is 13.2 Å². The number of methoxy groups -OCH3 is 1. The van der Waals surface area contributed by atoms with Crippen LogP contribution in [0.15, 0.2) is 36.7 Å². The Hall–Kier alpha value is -1.72. The molecule has 0 unspecified atom stereocenters. The van der Waals surface area contributed by atoms with Gasteiger partial charge >= 0.3 is 0 Å². The van der Waals surface area contributed by atoms with E-state index in [4.69, 9.17) is 4.74 Å². The Kier molecular flexibility index (Phi) is 5.06. The highest BCUT2D eigenvalue weighted by atomic mass is 19.1. The maximum atomic E-state index is 13.1. The first-order valence-corrected chi connectivity index (χ1v) is 6.23. The van der Waals surface area contributed by atoms with Gasteiger partial charge in [-0.3, -0.25) is 4.68 Å². The van der Waals surface area contributed by atoms with Crippen molar-refractivity contribution in [1.29, 1.82) is 0 Å². The summed E-state index contributed by atoms with van der Waals surface area (Å²) in [7, 11) is 1.68. The molecule has 1 aromatic carbocycles. The first-order valence-electron chi connectivity index (χ1n) is 6.23. The summed E-state index contributed by atoms with van der Waals surface area (Å²) in [5.41, 5.74) is 2.01. The molecule has 2 rings (SSSR count). The Bertz CT molecular complexity index is 513. The molecule has 1 heterocycles. The van der Waals surface area contributed by atoms with Gasteiger partial charge in [-0.25, -0.2) is 4.39 Å². The number of halogens is 1. The summed E-state index contributed by atoms with van der Waals surface area (Å²) in [4.78, 5) is 0. The van der Waals surface area contributed by atoms with Gasteiger partial charge in [-0.15, -0.1) is 0 Å². The molecule has 0 bridgehead atoms. The zero-order valence-electron chi connectivity index (χ0n) is 11.0. The van der Waals surface area contributed by atoms with Crippen molar-refractivity contribution in [3.05, 3.63) is 53.6 Å². The van der Waals surface area contributed by atoms with Gasteiger partial charge in [-0.05, 0) is 17.7 Å². The maximum Gasteiger partial charge on any atom is 0.123 e. The molecule has 2 aromatic rings. The van der Waals surface area contributed by atoms with E-state index >= 15 is 0 Å². The molecule has 0 radical (unpaired) electrons. The number of rotatable bonds is 7. The van der Waals surface area contributed by atoms with Gasteiger partial charge in [-0.1, -0.05) is 12.1 Å². The van der Waals surface area contributed by atoms with E-state index in [2.05, 4.69) is 10.4 Å². The van der Waals surface area contributed by atoms with Gasteiger partial charge in [0.15, 0.2) is 0 Å². The molecule has 1 aromatic heterocycles. The molecule has 0 atom stereocenters. The van der Waals surface area contributed by atoms with Crippen molar-refractivity contribution in [1.82, 2.24) is 15.1 Å². The van der Waals surface area contributed by atoms with E-state index in [0.29, 0.717) is 13.2 Å². The van der Waals surface area contributed by atoms with Gasteiger partial charge in [0, 0.05) is 32.0 Å². The number of aromatic nitrogens is 2. The maximum absolute atomic E-state index is 13.1. The summed E-state index contributed by atoms with van der Waals surface area (Å²) in [6, 6.07) is 6.57. The highest BCUT2D eigenvalue weighted by Crippen LogP contribution is 2.06. The van der Waals surface area contributed by atoms with Gasteiger partial charge in [0.05, 0.1) is 19.3 Å². The van der Waals surface area contributed by atoms with Crippen molar-refractivity contribution in [3.8, 4) is 0 Å². The molecule has 4 nitrogen and oxygen atoms in total. The molecule has 0 aliphatic rings. The number of benzene rings is 1. The standard InChI is InChI=1S/C14H18FN3O/c1-19-6-5-16-8-13-9-17-18(11-13)10-12-3-2-4-14(15)7-12/h2-4,7,9,11,16H,5-6,8,10H2,1H3. The molecule has 0 aliphatic carbocycles. The first kappa shape index (κ1) is 13.7. The third-order valence-corrected chi connectivity index (χ3v) is 2.73. The minimum Gasteiger partial charge on any atom is -0.383 e. The Morgan fingerprint density at radius 3 is 3.05 bits per heavy atom. The topological polar surface area (TPSA) is 39.1 Å². The third kappa shape index (κ3) is 4.46. The van der Waals surface area contributed by atoms with Crippen LogP contribution in [0, 0.1) is 5.82 Å². The third-order valence-electron chi connectivity index (χ3n) is 2.73. The van der Waals surface area contributed by atoms with Crippen LogP contribution in [0.3, 0.4) is 0 Å².